The number of nitrogens with one attached hydrogen (secondary N) is 3. The van der Waals surface area contributed by atoms with Gasteiger partial charge in [0.1, 0.15) is 17.1 Å². The number of nitrogens with zero attached hydrogens (tertiary/aromatic N) is 5. The van der Waals surface area contributed by atoms with Gasteiger partial charge in [-0.25, -0.2) is 14.2 Å². The van der Waals surface area contributed by atoms with Crippen LogP contribution in [0, 0.1) is 12.7 Å². The lowest BCUT2D eigenvalue weighted by atomic mass is 9.88. The molecule has 1 unspecified atom stereocenters. The van der Waals surface area contributed by atoms with Gasteiger partial charge in [-0.2, -0.15) is 10.2 Å². The summed E-state index contributed by atoms with van der Waals surface area (Å²) in [5.74, 6) is -1.77. The first-order valence-corrected chi connectivity index (χ1v) is 15.0. The van der Waals surface area contributed by atoms with E-state index in [-0.39, 0.29) is 23.3 Å². The lowest BCUT2D eigenvalue weighted by Crippen LogP contribution is -2.52. The van der Waals surface area contributed by atoms with Crippen molar-refractivity contribution in [3.8, 4) is 5.69 Å². The van der Waals surface area contributed by atoms with Gasteiger partial charge in [-0.05, 0) is 64.7 Å². The Bertz CT molecular complexity index is 1660. The maximum Gasteiger partial charge on any atom is 0.407 e. The molecule has 3 heterocycles. The number of primary amides is 1. The molecule has 14 heteroatoms. The molecule has 13 nitrogen and oxygen atoms in total. The van der Waals surface area contributed by atoms with Crippen molar-refractivity contribution in [1.29, 1.82) is 0 Å². The molecule has 0 aliphatic heterocycles. The maximum atomic E-state index is 15.5. The van der Waals surface area contributed by atoms with E-state index in [0.29, 0.717) is 42.9 Å². The van der Waals surface area contributed by atoms with E-state index >= 15 is 4.39 Å². The molecule has 5 rings (SSSR count). The monoisotopic (exact) mass is 631 g/mol. The summed E-state index contributed by atoms with van der Waals surface area (Å²) in [5.41, 5.74) is 7.49. The summed E-state index contributed by atoms with van der Waals surface area (Å²) in [6.45, 7) is 7.56. The molecule has 1 aliphatic carbocycles. The largest absolute Gasteiger partial charge is 0.444 e. The Morgan fingerprint density at radius 3 is 2.50 bits per heavy atom. The van der Waals surface area contributed by atoms with Gasteiger partial charge in [-0.1, -0.05) is 30.3 Å². The molecule has 1 aromatic carbocycles. The standard InChI is InChI=1S/C32H38FN9O4/c1-19-27(42-36-12-13-37-42)14-21(17-35-19)38-29-23(28(34)43)16-24(33)30(41-29)39-26-15-22(45-18-20-8-6-5-7-9-20)10-11-25(26)40-31(44)46-32(2,3)4/h5-9,12-14,16-17,22,25-26H,10-11,15,18H2,1-4H3,(H2,34,43)(H,40,44)(H2,38,39,41)/t22-,25-,26?/m0/s1. The Hall–Kier alpha value is -5.11. The second kappa shape index (κ2) is 13.9. The molecule has 46 heavy (non-hydrogen) atoms. The van der Waals surface area contributed by atoms with Crippen molar-refractivity contribution in [3.63, 3.8) is 0 Å². The van der Waals surface area contributed by atoms with Crippen molar-refractivity contribution in [3.05, 3.63) is 83.7 Å². The molecule has 3 aromatic heterocycles. The molecular weight excluding hydrogens is 593 g/mol. The minimum absolute atomic E-state index is 0.0192. The number of hydrogen-bond donors (Lipinski definition) is 4. The maximum absolute atomic E-state index is 15.5. The Kier molecular flexibility index (Phi) is 9.75. The van der Waals surface area contributed by atoms with Crippen LogP contribution in [0.3, 0.4) is 0 Å². The second-order valence-corrected chi connectivity index (χ2v) is 12.1. The van der Waals surface area contributed by atoms with Gasteiger partial charge >= 0.3 is 6.09 Å². The van der Waals surface area contributed by atoms with Gasteiger partial charge in [0.2, 0.25) is 0 Å². The number of nitrogens with two attached hydrogens (primary N) is 1. The highest BCUT2D eigenvalue weighted by molar-refractivity contribution is 5.98. The molecule has 4 aromatic rings. The van der Waals surface area contributed by atoms with Crippen LogP contribution in [0.2, 0.25) is 0 Å². The van der Waals surface area contributed by atoms with E-state index in [1.807, 2.05) is 30.3 Å². The fraction of sp³-hybridized carbons (Fsp3) is 0.375. The number of carbonyl (C=O) groups is 2. The van der Waals surface area contributed by atoms with Crippen LogP contribution in [0.5, 0.6) is 0 Å². The summed E-state index contributed by atoms with van der Waals surface area (Å²) in [6, 6.07) is 11.6. The van der Waals surface area contributed by atoms with E-state index in [1.54, 1.807) is 40.0 Å². The van der Waals surface area contributed by atoms with Crippen molar-refractivity contribution in [2.24, 2.45) is 5.73 Å². The van der Waals surface area contributed by atoms with Crippen molar-refractivity contribution in [1.82, 2.24) is 30.3 Å². The third-order valence-electron chi connectivity index (χ3n) is 7.35. The average molecular weight is 632 g/mol. The van der Waals surface area contributed by atoms with E-state index in [2.05, 4.69) is 36.1 Å². The third-order valence-corrected chi connectivity index (χ3v) is 7.35. The summed E-state index contributed by atoms with van der Waals surface area (Å²) in [7, 11) is 0. The fourth-order valence-corrected chi connectivity index (χ4v) is 5.18. The molecule has 1 aliphatic rings. The minimum Gasteiger partial charge on any atom is -0.444 e. The zero-order valence-corrected chi connectivity index (χ0v) is 26.2. The van der Waals surface area contributed by atoms with Crippen LogP contribution in [-0.2, 0) is 16.1 Å². The number of aromatic nitrogens is 5. The highest BCUT2D eigenvalue weighted by Gasteiger charge is 2.34. The van der Waals surface area contributed by atoms with Crippen LogP contribution in [-0.4, -0.2) is 60.8 Å². The number of aryl methyl sites for hydroxylation is 1. The van der Waals surface area contributed by atoms with Crippen molar-refractivity contribution < 1.29 is 23.5 Å². The van der Waals surface area contributed by atoms with E-state index in [9.17, 15) is 9.59 Å². The molecular formula is C32H38FN9O4. The van der Waals surface area contributed by atoms with E-state index in [4.69, 9.17) is 15.2 Å². The van der Waals surface area contributed by atoms with E-state index in [0.717, 1.165) is 11.6 Å². The number of rotatable bonds is 10. The topological polar surface area (TPSA) is 171 Å². The average Bonchev–Trinajstić information content (AvgIpc) is 3.54. The van der Waals surface area contributed by atoms with E-state index < -0.39 is 35.5 Å². The normalized spacial score (nSPS) is 18.1. The third kappa shape index (κ3) is 8.33. The zero-order chi connectivity index (χ0) is 32.8. The van der Waals surface area contributed by atoms with Gasteiger partial charge < -0.3 is 31.2 Å². The van der Waals surface area contributed by atoms with Gasteiger partial charge in [0.15, 0.2) is 11.6 Å². The number of benzene rings is 1. The molecule has 3 atom stereocenters. The summed E-state index contributed by atoms with van der Waals surface area (Å²) in [5, 5.41) is 17.4. The van der Waals surface area contributed by atoms with Crippen LogP contribution in [0.1, 0.15) is 61.6 Å². The Morgan fingerprint density at radius 2 is 1.80 bits per heavy atom. The lowest BCUT2D eigenvalue weighted by Gasteiger charge is -2.37. The van der Waals surface area contributed by atoms with Gasteiger partial charge in [0, 0.05) is 0 Å². The highest BCUT2D eigenvalue weighted by atomic mass is 19.1. The van der Waals surface area contributed by atoms with Crippen LogP contribution < -0.4 is 21.7 Å². The molecule has 1 saturated carbocycles. The SMILES string of the molecule is Cc1ncc(Nc2nc(NC3C[C@@H](OCc4ccccc4)CC[C@@H]3NC(=O)OC(C)(C)C)c(F)cc2C(N)=O)cc1-n1nccn1. The summed E-state index contributed by atoms with van der Waals surface area (Å²) in [6.07, 6.45) is 5.52. The van der Waals surface area contributed by atoms with Gasteiger partial charge in [-0.3, -0.25) is 9.78 Å². The van der Waals surface area contributed by atoms with Crippen LogP contribution in [0.4, 0.5) is 26.5 Å². The number of hydrogen-bond acceptors (Lipinski definition) is 10. The number of alkyl carbamates (subject to hydrolysis) is 1. The molecule has 0 radical (unpaired) electrons. The van der Waals surface area contributed by atoms with E-state index in [1.165, 1.54) is 17.2 Å². The molecule has 1 fully saturated rings. The van der Waals surface area contributed by atoms with Gasteiger partial charge in [-0.15, -0.1) is 4.80 Å². The van der Waals surface area contributed by atoms with Crippen molar-refractivity contribution >= 4 is 29.3 Å². The number of ether oxygens (including phenoxy) is 2. The molecule has 2 amide bonds. The first-order chi connectivity index (χ1) is 21.9. The lowest BCUT2D eigenvalue weighted by molar-refractivity contribution is 0.00487. The van der Waals surface area contributed by atoms with Gasteiger partial charge in [0.05, 0.1) is 60.3 Å². The fourth-order valence-electron chi connectivity index (χ4n) is 5.18. The number of pyridine rings is 2. The molecule has 242 valence electrons. The second-order valence-electron chi connectivity index (χ2n) is 12.1. The zero-order valence-electron chi connectivity index (χ0n) is 26.2. The molecule has 0 spiro atoms. The molecule has 5 N–H and O–H groups in total. The molecule has 0 saturated heterocycles. The summed E-state index contributed by atoms with van der Waals surface area (Å²) in [4.78, 5) is 35.3. The Morgan fingerprint density at radius 1 is 1.07 bits per heavy atom. The number of halogens is 1. The van der Waals surface area contributed by atoms with Gasteiger partial charge in [0.25, 0.3) is 5.91 Å². The predicted octanol–water partition coefficient (Wildman–Crippen LogP) is 4.79. The van der Waals surface area contributed by atoms with Crippen LogP contribution in [0.15, 0.2) is 61.1 Å². The number of anilines is 3. The number of amides is 2. The van der Waals surface area contributed by atoms with Crippen LogP contribution >= 0.6 is 0 Å². The summed E-state index contributed by atoms with van der Waals surface area (Å²) < 4.78 is 27.2. The first kappa shape index (κ1) is 32.3. The number of carbonyl (C=O) groups excluding carboxylic acids is 2. The molecule has 0 bridgehead atoms. The minimum atomic E-state index is -0.869. The highest BCUT2D eigenvalue weighted by Crippen LogP contribution is 2.29. The first-order valence-electron chi connectivity index (χ1n) is 15.0. The van der Waals surface area contributed by atoms with Crippen LogP contribution in [0.25, 0.3) is 5.69 Å². The van der Waals surface area contributed by atoms with Crippen molar-refractivity contribution in [2.75, 3.05) is 10.6 Å². The van der Waals surface area contributed by atoms with Crippen molar-refractivity contribution in [2.45, 2.75) is 77.4 Å². The quantitative estimate of drug-likeness (QED) is 0.191. The predicted molar refractivity (Wildman–Crippen MR) is 169 cm³/mol. The Labute approximate surface area is 266 Å². The summed E-state index contributed by atoms with van der Waals surface area (Å²) >= 11 is 0. The smallest absolute Gasteiger partial charge is 0.407 e. The Balaban J connectivity index is 1.40.